The largest absolute Gasteiger partial charge is 0.494 e. The van der Waals surface area contributed by atoms with Gasteiger partial charge in [0.15, 0.2) is 17.3 Å². The molecule has 106 valence electrons. The highest BCUT2D eigenvalue weighted by Crippen LogP contribution is 2.31. The minimum atomic E-state index is -0.561. The standard InChI is InChI=1S/C15H14N4O2/c1-19-11(13(16)20)12(21-2)10-8-17-14(18-15(10)19)9-6-4-3-5-7-9/h3-8H,1-2H3,(H2,16,20). The van der Waals surface area contributed by atoms with Gasteiger partial charge in [0, 0.05) is 18.8 Å². The van der Waals surface area contributed by atoms with Gasteiger partial charge < -0.3 is 15.0 Å². The fourth-order valence-corrected chi connectivity index (χ4v) is 2.38. The Bertz CT molecular complexity index is 825. The van der Waals surface area contributed by atoms with E-state index in [-0.39, 0.29) is 5.69 Å². The highest BCUT2D eigenvalue weighted by atomic mass is 16.5. The third-order valence-electron chi connectivity index (χ3n) is 3.35. The molecular formula is C15H14N4O2. The molecule has 0 aliphatic heterocycles. The molecule has 0 unspecified atom stereocenters. The van der Waals surface area contributed by atoms with Crippen molar-refractivity contribution in [2.45, 2.75) is 0 Å². The van der Waals surface area contributed by atoms with Crippen LogP contribution in [0.25, 0.3) is 22.4 Å². The lowest BCUT2D eigenvalue weighted by molar-refractivity contribution is 0.0990. The van der Waals surface area contributed by atoms with Crippen LogP contribution in [-0.2, 0) is 7.05 Å². The van der Waals surface area contributed by atoms with Crippen LogP contribution < -0.4 is 10.5 Å². The van der Waals surface area contributed by atoms with Crippen LogP contribution in [0.3, 0.4) is 0 Å². The van der Waals surface area contributed by atoms with E-state index in [2.05, 4.69) is 9.97 Å². The fourth-order valence-electron chi connectivity index (χ4n) is 2.38. The van der Waals surface area contributed by atoms with Crippen LogP contribution >= 0.6 is 0 Å². The molecule has 2 N–H and O–H groups in total. The summed E-state index contributed by atoms with van der Waals surface area (Å²) in [7, 11) is 3.22. The smallest absolute Gasteiger partial charge is 0.269 e. The first-order chi connectivity index (χ1) is 10.1. The van der Waals surface area contributed by atoms with Gasteiger partial charge in [-0.25, -0.2) is 9.97 Å². The van der Waals surface area contributed by atoms with Crippen LogP contribution in [0.15, 0.2) is 36.5 Å². The highest BCUT2D eigenvalue weighted by Gasteiger charge is 2.21. The van der Waals surface area contributed by atoms with Crippen molar-refractivity contribution >= 4 is 16.9 Å². The van der Waals surface area contributed by atoms with Crippen molar-refractivity contribution < 1.29 is 9.53 Å². The number of primary amides is 1. The first kappa shape index (κ1) is 13.1. The summed E-state index contributed by atoms with van der Waals surface area (Å²) in [5.74, 6) is 0.426. The van der Waals surface area contributed by atoms with E-state index in [1.807, 2.05) is 30.3 Å². The number of aryl methyl sites for hydroxylation is 1. The van der Waals surface area contributed by atoms with Crippen LogP contribution in [0, 0.1) is 0 Å². The Kier molecular flexibility index (Phi) is 3.06. The summed E-state index contributed by atoms with van der Waals surface area (Å²) in [6.07, 6.45) is 1.65. The van der Waals surface area contributed by atoms with E-state index in [9.17, 15) is 4.79 Å². The average molecular weight is 282 g/mol. The number of nitrogens with zero attached hydrogens (tertiary/aromatic N) is 3. The zero-order chi connectivity index (χ0) is 15.0. The van der Waals surface area contributed by atoms with E-state index in [4.69, 9.17) is 10.5 Å². The number of hydrogen-bond donors (Lipinski definition) is 1. The molecule has 0 saturated carbocycles. The van der Waals surface area contributed by atoms with Gasteiger partial charge in [-0.15, -0.1) is 0 Å². The summed E-state index contributed by atoms with van der Waals surface area (Å²) in [5.41, 5.74) is 7.21. The first-order valence-electron chi connectivity index (χ1n) is 6.38. The van der Waals surface area contributed by atoms with Crippen molar-refractivity contribution in [3.8, 4) is 17.1 Å². The lowest BCUT2D eigenvalue weighted by Gasteiger charge is -2.01. The molecule has 6 heteroatoms. The number of benzene rings is 1. The number of nitrogens with two attached hydrogens (primary N) is 1. The Hall–Kier alpha value is -2.89. The molecule has 0 fully saturated rings. The summed E-state index contributed by atoms with van der Waals surface area (Å²) in [6, 6.07) is 9.62. The van der Waals surface area contributed by atoms with Gasteiger partial charge in [0.2, 0.25) is 0 Å². The predicted molar refractivity (Wildman–Crippen MR) is 79.0 cm³/mol. The van der Waals surface area contributed by atoms with Gasteiger partial charge in [0.05, 0.1) is 12.5 Å². The minimum absolute atomic E-state index is 0.284. The Morgan fingerprint density at radius 3 is 2.62 bits per heavy atom. The Morgan fingerprint density at radius 1 is 1.29 bits per heavy atom. The van der Waals surface area contributed by atoms with Crippen LogP contribution in [0.5, 0.6) is 5.75 Å². The molecule has 21 heavy (non-hydrogen) atoms. The van der Waals surface area contributed by atoms with E-state index in [1.165, 1.54) is 7.11 Å². The summed E-state index contributed by atoms with van der Waals surface area (Å²) >= 11 is 0. The van der Waals surface area contributed by atoms with E-state index in [0.29, 0.717) is 22.6 Å². The zero-order valence-corrected chi connectivity index (χ0v) is 11.7. The molecule has 0 aliphatic carbocycles. The maximum atomic E-state index is 11.6. The van der Waals surface area contributed by atoms with Gasteiger partial charge in [-0.2, -0.15) is 0 Å². The van der Waals surface area contributed by atoms with Crippen molar-refractivity contribution in [3.05, 3.63) is 42.2 Å². The van der Waals surface area contributed by atoms with E-state index < -0.39 is 5.91 Å². The van der Waals surface area contributed by atoms with Gasteiger partial charge in [0.1, 0.15) is 5.65 Å². The summed E-state index contributed by atoms with van der Waals surface area (Å²) in [6.45, 7) is 0. The number of carbonyl (C=O) groups excluding carboxylic acids is 1. The maximum Gasteiger partial charge on any atom is 0.269 e. The topological polar surface area (TPSA) is 83.0 Å². The third-order valence-corrected chi connectivity index (χ3v) is 3.35. The number of rotatable bonds is 3. The third kappa shape index (κ3) is 2.01. The Morgan fingerprint density at radius 2 is 2.00 bits per heavy atom. The van der Waals surface area contributed by atoms with Crippen molar-refractivity contribution in [2.75, 3.05) is 7.11 Å². The number of ether oxygens (including phenoxy) is 1. The molecule has 0 bridgehead atoms. The number of aromatic nitrogens is 3. The molecule has 0 spiro atoms. The highest BCUT2D eigenvalue weighted by molar-refractivity contribution is 6.02. The normalized spacial score (nSPS) is 10.8. The quantitative estimate of drug-likeness (QED) is 0.793. The second kappa shape index (κ2) is 4.90. The zero-order valence-electron chi connectivity index (χ0n) is 11.7. The van der Waals surface area contributed by atoms with E-state index in [0.717, 1.165) is 5.56 Å². The molecule has 3 aromatic rings. The molecule has 0 saturated heterocycles. The average Bonchev–Trinajstić information content (AvgIpc) is 2.80. The van der Waals surface area contributed by atoms with E-state index >= 15 is 0 Å². The van der Waals surface area contributed by atoms with Crippen LogP contribution in [-0.4, -0.2) is 27.6 Å². The van der Waals surface area contributed by atoms with Crippen LogP contribution in [0.4, 0.5) is 0 Å². The maximum absolute atomic E-state index is 11.6. The van der Waals surface area contributed by atoms with Crippen molar-refractivity contribution in [1.29, 1.82) is 0 Å². The fraction of sp³-hybridized carbons (Fsp3) is 0.133. The lowest BCUT2D eigenvalue weighted by Crippen LogP contribution is -2.16. The molecule has 1 aromatic carbocycles. The van der Waals surface area contributed by atoms with Crippen LogP contribution in [0.2, 0.25) is 0 Å². The van der Waals surface area contributed by atoms with Crippen molar-refractivity contribution in [1.82, 2.24) is 14.5 Å². The molecule has 6 nitrogen and oxygen atoms in total. The first-order valence-corrected chi connectivity index (χ1v) is 6.38. The molecule has 2 heterocycles. The lowest BCUT2D eigenvalue weighted by atomic mass is 10.2. The predicted octanol–water partition coefficient (Wildman–Crippen LogP) is 1.74. The van der Waals surface area contributed by atoms with Crippen molar-refractivity contribution in [2.24, 2.45) is 12.8 Å². The van der Waals surface area contributed by atoms with Gasteiger partial charge >= 0.3 is 0 Å². The number of fused-ring (bicyclic) bond motifs is 1. The Balaban J connectivity index is 2.28. The second-order valence-electron chi connectivity index (χ2n) is 4.60. The Labute approximate surface area is 121 Å². The molecule has 0 aliphatic rings. The van der Waals surface area contributed by atoms with E-state index in [1.54, 1.807) is 17.8 Å². The molecule has 0 radical (unpaired) electrons. The van der Waals surface area contributed by atoms with Gasteiger partial charge in [-0.1, -0.05) is 30.3 Å². The number of amides is 1. The molecule has 3 rings (SSSR count). The number of hydrogen-bond acceptors (Lipinski definition) is 4. The van der Waals surface area contributed by atoms with Crippen molar-refractivity contribution in [3.63, 3.8) is 0 Å². The molecule has 2 aromatic heterocycles. The summed E-state index contributed by atoms with van der Waals surface area (Å²) in [4.78, 5) is 20.5. The minimum Gasteiger partial charge on any atom is -0.494 e. The van der Waals surface area contributed by atoms with Gasteiger partial charge in [0.25, 0.3) is 5.91 Å². The van der Waals surface area contributed by atoms with Gasteiger partial charge in [-0.05, 0) is 0 Å². The molecular weight excluding hydrogens is 268 g/mol. The van der Waals surface area contributed by atoms with Gasteiger partial charge in [-0.3, -0.25) is 4.79 Å². The summed E-state index contributed by atoms with van der Waals surface area (Å²) < 4.78 is 6.91. The molecule has 0 atom stereocenters. The monoisotopic (exact) mass is 282 g/mol. The molecule has 1 amide bonds. The number of methoxy groups -OCH3 is 1. The SMILES string of the molecule is COc1c(C(N)=O)n(C)c2nc(-c3ccccc3)ncc12. The van der Waals surface area contributed by atoms with Crippen LogP contribution in [0.1, 0.15) is 10.5 Å². The number of carbonyl (C=O) groups is 1. The summed E-state index contributed by atoms with van der Waals surface area (Å²) in [5, 5.41) is 0.661. The second-order valence-corrected chi connectivity index (χ2v) is 4.60.